The highest BCUT2D eigenvalue weighted by atomic mass is 32.1. The molecule has 0 saturated heterocycles. The van der Waals surface area contributed by atoms with Gasteiger partial charge in [-0.3, -0.25) is 4.79 Å². The third kappa shape index (κ3) is 4.21. The Hall–Kier alpha value is -3.17. The molecule has 0 bridgehead atoms. The van der Waals surface area contributed by atoms with Gasteiger partial charge in [-0.2, -0.15) is 0 Å². The van der Waals surface area contributed by atoms with Crippen LogP contribution in [-0.4, -0.2) is 40.7 Å². The molecule has 1 aliphatic heterocycles. The maximum absolute atomic E-state index is 11.7. The Labute approximate surface area is 164 Å². The minimum absolute atomic E-state index is 0.0100. The summed E-state index contributed by atoms with van der Waals surface area (Å²) in [6.45, 7) is 4.61. The van der Waals surface area contributed by atoms with Crippen LogP contribution in [0.4, 0.5) is 5.00 Å². The molecule has 1 atom stereocenters. The van der Waals surface area contributed by atoms with Gasteiger partial charge in [0, 0.05) is 23.5 Å². The van der Waals surface area contributed by atoms with Gasteiger partial charge in [0.05, 0.1) is 18.3 Å². The summed E-state index contributed by atoms with van der Waals surface area (Å²) < 4.78 is 5.78. The zero-order valence-electron chi connectivity index (χ0n) is 14.7. The van der Waals surface area contributed by atoms with Gasteiger partial charge in [0.2, 0.25) is 0 Å². The molecule has 0 fully saturated rings. The quantitative estimate of drug-likeness (QED) is 0.546. The molecule has 0 spiro atoms. The summed E-state index contributed by atoms with van der Waals surface area (Å²) in [7, 11) is 0. The van der Waals surface area contributed by atoms with E-state index in [1.54, 1.807) is 0 Å². The number of hydrogen-bond acceptors (Lipinski definition) is 6. The fourth-order valence-electron chi connectivity index (χ4n) is 2.91. The Morgan fingerprint density at radius 3 is 2.57 bits per heavy atom. The molecule has 1 amide bonds. The van der Waals surface area contributed by atoms with Gasteiger partial charge in [-0.15, -0.1) is 11.3 Å². The molecule has 1 aliphatic rings. The SMILES string of the molecule is C=C(NCC1Cc2c(sc(NC(=O)C(=O)O)c2C(=O)O)CO1)c1ccccc1. The summed E-state index contributed by atoms with van der Waals surface area (Å²) >= 11 is 1.02. The Balaban J connectivity index is 1.72. The van der Waals surface area contributed by atoms with Gasteiger partial charge in [0.25, 0.3) is 0 Å². The summed E-state index contributed by atoms with van der Waals surface area (Å²) in [5, 5.41) is 23.6. The molecule has 1 aromatic carbocycles. The van der Waals surface area contributed by atoms with Crippen LogP contribution in [0.5, 0.6) is 0 Å². The normalized spacial score (nSPS) is 15.4. The molecule has 146 valence electrons. The number of carbonyl (C=O) groups is 3. The number of carbonyl (C=O) groups excluding carboxylic acids is 1. The van der Waals surface area contributed by atoms with Gasteiger partial charge >= 0.3 is 17.8 Å². The number of ether oxygens (including phenoxy) is 1. The second-order valence-corrected chi connectivity index (χ2v) is 7.24. The monoisotopic (exact) mass is 402 g/mol. The van der Waals surface area contributed by atoms with Crippen molar-refractivity contribution in [1.82, 2.24) is 5.32 Å². The highest BCUT2D eigenvalue weighted by Crippen LogP contribution is 2.37. The largest absolute Gasteiger partial charge is 0.478 e. The fourth-order valence-corrected chi connectivity index (χ4v) is 4.04. The zero-order chi connectivity index (χ0) is 20.3. The van der Waals surface area contributed by atoms with Crippen molar-refractivity contribution in [3.8, 4) is 0 Å². The summed E-state index contributed by atoms with van der Waals surface area (Å²) in [5.41, 5.74) is 2.15. The van der Waals surface area contributed by atoms with Crippen molar-refractivity contribution in [2.24, 2.45) is 0 Å². The molecule has 0 aliphatic carbocycles. The van der Waals surface area contributed by atoms with Crippen LogP contribution in [0.1, 0.15) is 26.4 Å². The maximum Gasteiger partial charge on any atom is 0.394 e. The van der Waals surface area contributed by atoms with Crippen LogP contribution in [0.25, 0.3) is 5.70 Å². The highest BCUT2D eigenvalue weighted by Gasteiger charge is 2.31. The van der Waals surface area contributed by atoms with Crippen LogP contribution in [0.3, 0.4) is 0 Å². The first-order valence-corrected chi connectivity index (χ1v) is 9.20. The maximum atomic E-state index is 11.7. The molecule has 1 unspecified atom stereocenters. The smallest absolute Gasteiger partial charge is 0.394 e. The predicted octanol–water partition coefficient (Wildman–Crippen LogP) is 2.17. The number of aromatic carboxylic acids is 1. The van der Waals surface area contributed by atoms with Crippen LogP contribution < -0.4 is 10.6 Å². The van der Waals surface area contributed by atoms with Gasteiger partial charge in [-0.05, 0) is 11.1 Å². The van der Waals surface area contributed by atoms with Crippen molar-refractivity contribution in [3.05, 3.63) is 58.5 Å². The average Bonchev–Trinajstić information content (AvgIpc) is 3.03. The first-order valence-electron chi connectivity index (χ1n) is 8.38. The Kier molecular flexibility index (Phi) is 5.76. The van der Waals surface area contributed by atoms with Crippen LogP contribution in [0.2, 0.25) is 0 Å². The van der Waals surface area contributed by atoms with Crippen LogP contribution in [0.15, 0.2) is 36.9 Å². The van der Waals surface area contributed by atoms with E-state index in [4.69, 9.17) is 9.84 Å². The number of benzene rings is 1. The molecule has 9 heteroatoms. The number of thiophene rings is 1. The molecule has 2 aromatic rings. The van der Waals surface area contributed by atoms with E-state index in [0.717, 1.165) is 22.6 Å². The van der Waals surface area contributed by atoms with Gasteiger partial charge in [-0.1, -0.05) is 36.9 Å². The summed E-state index contributed by atoms with van der Waals surface area (Å²) in [6, 6.07) is 9.57. The van der Waals surface area contributed by atoms with Crippen molar-refractivity contribution in [1.29, 1.82) is 0 Å². The van der Waals surface area contributed by atoms with Gasteiger partial charge in [-0.25, -0.2) is 9.59 Å². The number of rotatable bonds is 6. The van der Waals surface area contributed by atoms with Gasteiger partial charge in [0.15, 0.2) is 0 Å². The molecule has 2 heterocycles. The standard InChI is InChI=1S/C19H18N2O6S/c1-10(11-5-3-2-4-6-11)20-8-12-7-13-14(9-27-12)28-17(15(13)18(23)24)21-16(22)19(25)26/h2-6,12,20H,1,7-9H2,(H,21,22)(H,23,24)(H,25,26). The number of fused-ring (bicyclic) bond motifs is 1. The van der Waals surface area contributed by atoms with E-state index in [1.807, 2.05) is 30.3 Å². The minimum atomic E-state index is -1.68. The number of carboxylic acids is 2. The van der Waals surface area contributed by atoms with E-state index >= 15 is 0 Å². The molecule has 8 nitrogen and oxygen atoms in total. The average molecular weight is 402 g/mol. The first-order chi connectivity index (χ1) is 13.4. The van der Waals surface area contributed by atoms with Crippen molar-refractivity contribution in [2.45, 2.75) is 19.1 Å². The third-order valence-electron chi connectivity index (χ3n) is 4.27. The summed E-state index contributed by atoms with van der Waals surface area (Å²) in [4.78, 5) is 34.5. The lowest BCUT2D eigenvalue weighted by atomic mass is 10.0. The molecule has 28 heavy (non-hydrogen) atoms. The number of anilines is 1. The number of carboxylic acid groups (broad SMARTS) is 2. The third-order valence-corrected chi connectivity index (χ3v) is 5.39. The summed E-state index contributed by atoms with van der Waals surface area (Å²) in [5.74, 6) is -4.18. The van der Waals surface area contributed by atoms with E-state index in [9.17, 15) is 19.5 Å². The van der Waals surface area contributed by atoms with E-state index in [2.05, 4.69) is 17.2 Å². The predicted molar refractivity (Wildman–Crippen MR) is 103 cm³/mol. The van der Waals surface area contributed by atoms with E-state index in [1.165, 1.54) is 0 Å². The zero-order valence-corrected chi connectivity index (χ0v) is 15.5. The fraction of sp³-hybridized carbons (Fsp3) is 0.211. The molecular weight excluding hydrogens is 384 g/mol. The summed E-state index contributed by atoms with van der Waals surface area (Å²) in [6.07, 6.45) is 0.0366. The number of aliphatic carboxylic acids is 1. The lowest BCUT2D eigenvalue weighted by Crippen LogP contribution is -2.33. The number of nitrogens with one attached hydrogen (secondary N) is 2. The van der Waals surface area contributed by atoms with Crippen LogP contribution >= 0.6 is 11.3 Å². The van der Waals surface area contributed by atoms with Crippen molar-refractivity contribution < 1.29 is 29.3 Å². The van der Waals surface area contributed by atoms with Gasteiger partial charge in [0.1, 0.15) is 5.00 Å². The Morgan fingerprint density at radius 1 is 1.21 bits per heavy atom. The molecule has 0 saturated carbocycles. The molecule has 0 radical (unpaired) electrons. The molecular formula is C19H18N2O6S. The first kappa shape index (κ1) is 19.6. The van der Waals surface area contributed by atoms with E-state index in [-0.39, 0.29) is 23.3 Å². The molecule has 4 N–H and O–H groups in total. The second-order valence-electron chi connectivity index (χ2n) is 6.13. The number of hydrogen-bond donors (Lipinski definition) is 4. The topological polar surface area (TPSA) is 125 Å². The minimum Gasteiger partial charge on any atom is -0.478 e. The molecule has 3 rings (SSSR count). The van der Waals surface area contributed by atoms with Crippen LogP contribution in [0, 0.1) is 0 Å². The number of amides is 1. The Morgan fingerprint density at radius 2 is 1.93 bits per heavy atom. The van der Waals surface area contributed by atoms with Crippen LogP contribution in [-0.2, 0) is 27.4 Å². The van der Waals surface area contributed by atoms with E-state index < -0.39 is 17.8 Å². The van der Waals surface area contributed by atoms with Crippen molar-refractivity contribution in [2.75, 3.05) is 11.9 Å². The molecule has 1 aromatic heterocycles. The lowest BCUT2D eigenvalue weighted by Gasteiger charge is -2.24. The van der Waals surface area contributed by atoms with Gasteiger partial charge < -0.3 is 25.6 Å². The Bertz CT molecular complexity index is 937. The van der Waals surface area contributed by atoms with Crippen molar-refractivity contribution in [3.63, 3.8) is 0 Å². The lowest BCUT2D eigenvalue weighted by molar-refractivity contribution is -0.147. The van der Waals surface area contributed by atoms with Crippen molar-refractivity contribution >= 4 is 39.9 Å². The second kappa shape index (κ2) is 8.24. The highest BCUT2D eigenvalue weighted by molar-refractivity contribution is 7.17. The van der Waals surface area contributed by atoms with E-state index in [0.29, 0.717) is 23.4 Å².